The maximum Gasteiger partial charge on any atom is 0.366 e. The molecule has 42 valence electrons. The van der Waals surface area contributed by atoms with Crippen molar-refractivity contribution < 1.29 is 4.92 Å². The molecule has 6 heteroatoms. The van der Waals surface area contributed by atoms with E-state index in [1.54, 1.807) is 0 Å². The number of hydrogen-bond acceptors (Lipinski definition) is 4. The number of nitrogens with zero attached hydrogens (tertiary/aromatic N) is 4. The van der Waals surface area contributed by atoms with E-state index < -0.39 is 4.92 Å². The molecule has 0 fully saturated rings. The van der Waals surface area contributed by atoms with Crippen LogP contribution in [0.25, 0.3) is 0 Å². The molecule has 0 aliphatic carbocycles. The summed E-state index contributed by atoms with van der Waals surface area (Å²) in [5, 5.41) is 18.9. The van der Waals surface area contributed by atoms with Gasteiger partial charge >= 0.3 is 5.82 Å². The third-order valence-electron chi connectivity index (χ3n) is 0.559. The summed E-state index contributed by atoms with van der Waals surface area (Å²) in [6.07, 6.45) is 0.986. The van der Waals surface area contributed by atoms with E-state index in [9.17, 15) is 10.1 Å². The van der Waals surface area contributed by atoms with E-state index in [0.29, 0.717) is 0 Å². The van der Waals surface area contributed by atoms with Crippen LogP contribution < -0.4 is 5.21 Å². The molecule has 0 N–H and O–H groups in total. The zero-order valence-corrected chi connectivity index (χ0v) is 3.68. The van der Waals surface area contributed by atoms with Gasteiger partial charge in [0, 0.05) is 0 Å². The monoisotopic (exact) mass is 113 g/mol. The highest BCUT2D eigenvalue weighted by atomic mass is 16.6. The minimum atomic E-state index is -0.653. The van der Waals surface area contributed by atoms with Gasteiger partial charge < -0.3 is 20.4 Å². The second-order valence-corrected chi connectivity index (χ2v) is 1.05. The van der Waals surface area contributed by atoms with Gasteiger partial charge in [0.1, 0.15) is 6.20 Å². The molecule has 1 heterocycles. The SMILES string of the molecule is O=[N+]([O-])c1cn[n-]n1. The van der Waals surface area contributed by atoms with Crippen molar-refractivity contribution >= 4 is 5.82 Å². The summed E-state index contributed by atoms with van der Waals surface area (Å²) >= 11 is 0. The van der Waals surface area contributed by atoms with Crippen molar-refractivity contribution in [2.45, 2.75) is 0 Å². The van der Waals surface area contributed by atoms with E-state index >= 15 is 0 Å². The van der Waals surface area contributed by atoms with Crippen LogP contribution in [-0.4, -0.2) is 15.1 Å². The number of hydrogen-bond donors (Lipinski definition) is 0. The first-order chi connectivity index (χ1) is 3.80. The topological polar surface area (TPSA) is 83.0 Å². The first-order valence-electron chi connectivity index (χ1n) is 1.76. The van der Waals surface area contributed by atoms with Gasteiger partial charge in [0.15, 0.2) is 0 Å². The Bertz CT molecular complexity index is 180. The maximum absolute atomic E-state index is 9.73. The number of aromatic nitrogens is 3. The van der Waals surface area contributed by atoms with E-state index in [1.807, 2.05) is 0 Å². The molecule has 0 amide bonds. The van der Waals surface area contributed by atoms with Gasteiger partial charge in [-0.3, -0.25) is 0 Å². The summed E-state index contributed by atoms with van der Waals surface area (Å²) in [4.78, 5) is 9.07. The van der Waals surface area contributed by atoms with Crippen molar-refractivity contribution in [1.29, 1.82) is 0 Å². The van der Waals surface area contributed by atoms with Gasteiger partial charge in [-0.15, -0.1) is 5.10 Å². The zero-order valence-electron chi connectivity index (χ0n) is 3.68. The Morgan fingerprint density at radius 1 is 1.88 bits per heavy atom. The van der Waals surface area contributed by atoms with E-state index in [0.717, 1.165) is 6.20 Å². The van der Waals surface area contributed by atoms with Crippen LogP contribution in [0.3, 0.4) is 0 Å². The van der Waals surface area contributed by atoms with Gasteiger partial charge in [0.05, 0.1) is 0 Å². The Balaban J connectivity index is 2.93. The molecule has 0 aliphatic heterocycles. The molecule has 0 unspecified atom stereocenters. The largest absolute Gasteiger partial charge is 0.372 e. The molecule has 0 atom stereocenters. The molecule has 1 aromatic heterocycles. The minimum absolute atomic E-state index is 0.315. The lowest BCUT2D eigenvalue weighted by atomic mass is 10.8. The smallest absolute Gasteiger partial charge is 0.366 e. The lowest BCUT2D eigenvalue weighted by molar-refractivity contribution is -0.389. The summed E-state index contributed by atoms with van der Waals surface area (Å²) in [5.74, 6) is -0.315. The van der Waals surface area contributed by atoms with Crippen LogP contribution in [-0.2, 0) is 0 Å². The summed E-state index contributed by atoms with van der Waals surface area (Å²) < 4.78 is 0. The van der Waals surface area contributed by atoms with Crippen LogP contribution >= 0.6 is 0 Å². The molecule has 0 bridgehead atoms. The number of nitro groups is 1. The molecule has 1 aromatic rings. The minimum Gasteiger partial charge on any atom is -0.372 e. The van der Waals surface area contributed by atoms with Crippen molar-refractivity contribution in [3.8, 4) is 0 Å². The van der Waals surface area contributed by atoms with Gasteiger partial charge in [-0.05, 0) is 4.92 Å². The average molecular weight is 113 g/mol. The fourth-order valence-electron chi connectivity index (χ4n) is 0.259. The van der Waals surface area contributed by atoms with Gasteiger partial charge in [-0.2, -0.15) is 0 Å². The molecule has 0 radical (unpaired) electrons. The van der Waals surface area contributed by atoms with Crippen LogP contribution in [0.1, 0.15) is 0 Å². The molecular formula is C2HN4O2-. The van der Waals surface area contributed by atoms with Crippen LogP contribution in [0.2, 0.25) is 0 Å². The highest BCUT2D eigenvalue weighted by Gasteiger charge is 1.98. The van der Waals surface area contributed by atoms with Crippen LogP contribution in [0.4, 0.5) is 5.82 Å². The Kier molecular flexibility index (Phi) is 0.918. The molecule has 0 aromatic carbocycles. The summed E-state index contributed by atoms with van der Waals surface area (Å²) in [6.45, 7) is 0. The summed E-state index contributed by atoms with van der Waals surface area (Å²) in [6, 6.07) is 0. The fraction of sp³-hybridized carbons (Fsp3) is 0. The van der Waals surface area contributed by atoms with Crippen molar-refractivity contribution in [2.75, 3.05) is 0 Å². The van der Waals surface area contributed by atoms with E-state index in [-0.39, 0.29) is 5.82 Å². The highest BCUT2D eigenvalue weighted by Crippen LogP contribution is 1.97. The van der Waals surface area contributed by atoms with Gasteiger partial charge in [-0.25, -0.2) is 0 Å². The molecule has 0 spiro atoms. The van der Waals surface area contributed by atoms with E-state index in [1.165, 1.54) is 0 Å². The maximum atomic E-state index is 9.73. The van der Waals surface area contributed by atoms with Crippen molar-refractivity contribution in [2.24, 2.45) is 0 Å². The Hall–Kier alpha value is -1.46. The van der Waals surface area contributed by atoms with Gasteiger partial charge in [0.25, 0.3) is 0 Å². The molecule has 6 nitrogen and oxygen atoms in total. The molecule has 0 saturated carbocycles. The van der Waals surface area contributed by atoms with Crippen molar-refractivity contribution in [1.82, 2.24) is 15.4 Å². The molecular weight excluding hydrogens is 112 g/mol. The third kappa shape index (κ3) is 0.625. The normalized spacial score (nSPS) is 9.00. The van der Waals surface area contributed by atoms with Crippen LogP contribution in [0.15, 0.2) is 6.20 Å². The predicted molar refractivity (Wildman–Crippen MR) is 22.0 cm³/mol. The van der Waals surface area contributed by atoms with Gasteiger partial charge in [0.2, 0.25) is 0 Å². The van der Waals surface area contributed by atoms with Crippen molar-refractivity contribution in [3.05, 3.63) is 16.3 Å². The molecule has 0 aliphatic rings. The Morgan fingerprint density at radius 3 is 2.88 bits per heavy atom. The lowest BCUT2D eigenvalue weighted by Crippen LogP contribution is -1.86. The lowest BCUT2D eigenvalue weighted by Gasteiger charge is -1.82. The van der Waals surface area contributed by atoms with Gasteiger partial charge in [-0.1, -0.05) is 0 Å². The fourth-order valence-corrected chi connectivity index (χ4v) is 0.259. The quantitative estimate of drug-likeness (QED) is 0.356. The summed E-state index contributed by atoms with van der Waals surface area (Å²) in [7, 11) is 0. The van der Waals surface area contributed by atoms with Crippen molar-refractivity contribution in [3.63, 3.8) is 0 Å². The second-order valence-electron chi connectivity index (χ2n) is 1.05. The van der Waals surface area contributed by atoms with Crippen LogP contribution in [0.5, 0.6) is 0 Å². The summed E-state index contributed by atoms with van der Waals surface area (Å²) in [5.41, 5.74) is 0. The number of rotatable bonds is 1. The zero-order chi connectivity index (χ0) is 5.98. The first-order valence-corrected chi connectivity index (χ1v) is 1.76. The Labute approximate surface area is 43.7 Å². The molecule has 1 rings (SSSR count). The molecule has 8 heavy (non-hydrogen) atoms. The average Bonchev–Trinajstić information content (AvgIpc) is 2.12. The van der Waals surface area contributed by atoms with Crippen LogP contribution in [0, 0.1) is 10.1 Å². The second kappa shape index (κ2) is 1.57. The molecule has 0 saturated heterocycles. The van der Waals surface area contributed by atoms with E-state index in [4.69, 9.17) is 0 Å². The third-order valence-corrected chi connectivity index (χ3v) is 0.559. The first kappa shape index (κ1) is 4.69. The predicted octanol–water partition coefficient (Wildman–Crippen LogP) is -0.658. The standard InChI is InChI=1S/C2HN4O2/c7-6(8)2-1-3-5-4-2/h1H/q-1. The highest BCUT2D eigenvalue weighted by molar-refractivity contribution is 5.06. The van der Waals surface area contributed by atoms with E-state index in [2.05, 4.69) is 15.4 Å². The Morgan fingerprint density at radius 2 is 2.62 bits per heavy atom.